The second-order valence-corrected chi connectivity index (χ2v) is 6.05. The molecule has 2 rings (SSSR count). The molecule has 8 nitrogen and oxygen atoms in total. The monoisotopic (exact) mass is 364 g/mol. The van der Waals surface area contributed by atoms with Crippen LogP contribution in [0.2, 0.25) is 0 Å². The summed E-state index contributed by atoms with van der Waals surface area (Å²) in [5.41, 5.74) is 1.89. The average molecular weight is 364 g/mol. The topological polar surface area (TPSA) is 102 Å². The van der Waals surface area contributed by atoms with Crippen LogP contribution in [0.5, 0.6) is 0 Å². The van der Waals surface area contributed by atoms with Crippen molar-refractivity contribution in [3.63, 3.8) is 0 Å². The number of amides is 3. The fourth-order valence-corrected chi connectivity index (χ4v) is 2.98. The lowest BCUT2D eigenvalue weighted by molar-refractivity contribution is -0.145. The summed E-state index contributed by atoms with van der Waals surface area (Å²) in [6.45, 7) is 2.37. The predicted octanol–water partition coefficient (Wildman–Crippen LogP) is 1.54. The Morgan fingerprint density at radius 3 is 2.76 bits per heavy atom. The number of nitrogens with one attached hydrogen (secondary N) is 2. The summed E-state index contributed by atoms with van der Waals surface area (Å²) < 4.78 is 6.92. The SMILES string of the molecule is CCCn1c(SCC(=O)OCC(=O)NC(=O)NC)nc2ccccc21. The number of urea groups is 1. The van der Waals surface area contributed by atoms with Crippen molar-refractivity contribution >= 4 is 40.7 Å². The van der Waals surface area contributed by atoms with E-state index in [0.717, 1.165) is 29.2 Å². The van der Waals surface area contributed by atoms with Crippen molar-refractivity contribution in [1.29, 1.82) is 0 Å². The lowest BCUT2D eigenvalue weighted by atomic mass is 10.3. The fraction of sp³-hybridized carbons (Fsp3) is 0.375. The highest BCUT2D eigenvalue weighted by Crippen LogP contribution is 2.24. The first-order valence-electron chi connectivity index (χ1n) is 7.80. The molecule has 1 aromatic carbocycles. The van der Waals surface area contributed by atoms with Gasteiger partial charge in [-0.1, -0.05) is 30.8 Å². The van der Waals surface area contributed by atoms with E-state index in [2.05, 4.69) is 21.8 Å². The van der Waals surface area contributed by atoms with Gasteiger partial charge in [-0.15, -0.1) is 0 Å². The molecule has 9 heteroatoms. The standard InChI is InChI=1S/C16H20N4O4S/c1-3-8-20-12-7-5-4-6-11(12)18-16(20)25-10-14(22)24-9-13(21)19-15(23)17-2/h4-7H,3,8-10H2,1-2H3,(H2,17,19,21,23). The van der Waals surface area contributed by atoms with E-state index >= 15 is 0 Å². The van der Waals surface area contributed by atoms with E-state index in [4.69, 9.17) is 4.74 Å². The van der Waals surface area contributed by atoms with Crippen LogP contribution in [0.15, 0.2) is 29.4 Å². The molecule has 2 aromatic rings. The Morgan fingerprint density at radius 2 is 2.04 bits per heavy atom. The van der Waals surface area contributed by atoms with Gasteiger partial charge >= 0.3 is 12.0 Å². The largest absolute Gasteiger partial charge is 0.455 e. The summed E-state index contributed by atoms with van der Waals surface area (Å²) in [4.78, 5) is 38.7. The summed E-state index contributed by atoms with van der Waals surface area (Å²) in [6, 6.07) is 7.13. The molecule has 0 saturated carbocycles. The number of benzene rings is 1. The van der Waals surface area contributed by atoms with Crippen molar-refractivity contribution in [2.45, 2.75) is 25.0 Å². The lowest BCUT2D eigenvalue weighted by Crippen LogP contribution is -2.39. The third kappa shape index (κ3) is 5.21. The molecule has 1 aromatic heterocycles. The van der Waals surface area contributed by atoms with Crippen LogP contribution in [0.3, 0.4) is 0 Å². The highest BCUT2D eigenvalue weighted by Gasteiger charge is 2.14. The van der Waals surface area contributed by atoms with Crippen LogP contribution in [0.4, 0.5) is 4.79 Å². The Bertz CT molecular complexity index is 775. The number of hydrogen-bond acceptors (Lipinski definition) is 6. The Balaban J connectivity index is 1.91. The molecule has 0 unspecified atom stereocenters. The molecule has 3 amide bonds. The van der Waals surface area contributed by atoms with E-state index < -0.39 is 24.5 Å². The lowest BCUT2D eigenvalue weighted by Gasteiger charge is -2.07. The van der Waals surface area contributed by atoms with Crippen LogP contribution >= 0.6 is 11.8 Å². The number of imidazole rings is 1. The molecule has 0 atom stereocenters. The number of rotatable bonds is 7. The van der Waals surface area contributed by atoms with E-state index in [-0.39, 0.29) is 5.75 Å². The number of imide groups is 1. The summed E-state index contributed by atoms with van der Waals surface area (Å²) in [6.07, 6.45) is 0.942. The van der Waals surface area contributed by atoms with Crippen LogP contribution in [-0.2, 0) is 20.9 Å². The van der Waals surface area contributed by atoms with Gasteiger partial charge in [-0.3, -0.25) is 14.9 Å². The minimum Gasteiger partial charge on any atom is -0.455 e. The average Bonchev–Trinajstić information content (AvgIpc) is 2.96. The maximum Gasteiger partial charge on any atom is 0.321 e. The predicted molar refractivity (Wildman–Crippen MR) is 94.3 cm³/mol. The van der Waals surface area contributed by atoms with Crippen LogP contribution in [0.25, 0.3) is 11.0 Å². The second kappa shape index (κ2) is 9.07. The number of fused-ring (bicyclic) bond motifs is 1. The normalized spacial score (nSPS) is 10.5. The van der Waals surface area contributed by atoms with Crippen molar-refractivity contribution in [3.8, 4) is 0 Å². The minimum absolute atomic E-state index is 0.0281. The number of esters is 1. The molecular weight excluding hydrogens is 344 g/mol. The van der Waals surface area contributed by atoms with Gasteiger partial charge in [-0.2, -0.15) is 0 Å². The van der Waals surface area contributed by atoms with E-state index in [9.17, 15) is 14.4 Å². The van der Waals surface area contributed by atoms with Crippen LogP contribution in [0, 0.1) is 0 Å². The van der Waals surface area contributed by atoms with Crippen molar-refractivity contribution in [1.82, 2.24) is 20.2 Å². The number of thioether (sulfide) groups is 1. The number of carbonyl (C=O) groups excluding carboxylic acids is 3. The van der Waals surface area contributed by atoms with Gasteiger partial charge in [-0.25, -0.2) is 9.78 Å². The molecular formula is C16H20N4O4S. The maximum absolute atomic E-state index is 11.8. The van der Waals surface area contributed by atoms with Gasteiger partial charge in [0, 0.05) is 13.6 Å². The molecule has 0 radical (unpaired) electrons. The second-order valence-electron chi connectivity index (χ2n) is 5.11. The number of nitrogens with zero attached hydrogens (tertiary/aromatic N) is 2. The van der Waals surface area contributed by atoms with Crippen molar-refractivity contribution in [2.75, 3.05) is 19.4 Å². The number of hydrogen-bond donors (Lipinski definition) is 2. The van der Waals surface area contributed by atoms with E-state index in [1.165, 1.54) is 18.8 Å². The van der Waals surface area contributed by atoms with Crippen molar-refractivity contribution in [2.24, 2.45) is 0 Å². The van der Waals surface area contributed by atoms with Gasteiger partial charge in [0.1, 0.15) is 0 Å². The van der Waals surface area contributed by atoms with Gasteiger partial charge in [0.25, 0.3) is 5.91 Å². The zero-order chi connectivity index (χ0) is 18.2. The molecule has 25 heavy (non-hydrogen) atoms. The number of ether oxygens (including phenoxy) is 1. The Morgan fingerprint density at radius 1 is 1.28 bits per heavy atom. The summed E-state index contributed by atoms with van der Waals surface area (Å²) in [7, 11) is 1.38. The minimum atomic E-state index is -0.684. The molecule has 0 spiro atoms. The van der Waals surface area contributed by atoms with E-state index in [1.807, 2.05) is 29.6 Å². The zero-order valence-electron chi connectivity index (χ0n) is 14.1. The van der Waals surface area contributed by atoms with E-state index in [1.54, 1.807) is 0 Å². The molecule has 0 aliphatic rings. The maximum atomic E-state index is 11.8. The molecule has 0 aliphatic carbocycles. The fourth-order valence-electron chi connectivity index (χ4n) is 2.14. The third-order valence-corrected chi connectivity index (χ3v) is 4.18. The van der Waals surface area contributed by atoms with Gasteiger partial charge in [0.15, 0.2) is 11.8 Å². The van der Waals surface area contributed by atoms with E-state index in [0.29, 0.717) is 0 Å². The summed E-state index contributed by atoms with van der Waals surface area (Å²) >= 11 is 1.26. The Labute approximate surface area is 149 Å². The molecule has 134 valence electrons. The highest BCUT2D eigenvalue weighted by atomic mass is 32.2. The van der Waals surface area contributed by atoms with Crippen molar-refractivity contribution < 1.29 is 19.1 Å². The number of aryl methyl sites for hydroxylation is 1. The molecule has 2 N–H and O–H groups in total. The highest BCUT2D eigenvalue weighted by molar-refractivity contribution is 7.99. The van der Waals surface area contributed by atoms with Gasteiger partial charge < -0.3 is 14.6 Å². The number of carbonyl (C=O) groups is 3. The molecule has 0 aliphatic heterocycles. The number of aromatic nitrogens is 2. The van der Waals surface area contributed by atoms with Crippen molar-refractivity contribution in [3.05, 3.63) is 24.3 Å². The zero-order valence-corrected chi connectivity index (χ0v) is 14.9. The van der Waals surface area contributed by atoms with Gasteiger partial charge in [-0.05, 0) is 18.6 Å². The summed E-state index contributed by atoms with van der Waals surface area (Å²) in [5, 5.41) is 4.98. The third-order valence-electron chi connectivity index (χ3n) is 3.23. The molecule has 1 heterocycles. The summed E-state index contributed by atoms with van der Waals surface area (Å²) in [5.74, 6) is -1.21. The molecule has 0 saturated heterocycles. The first-order valence-corrected chi connectivity index (χ1v) is 8.79. The quantitative estimate of drug-likeness (QED) is 0.571. The smallest absolute Gasteiger partial charge is 0.321 e. The molecule has 0 fully saturated rings. The van der Waals surface area contributed by atoms with Crippen LogP contribution in [-0.4, -0.2) is 46.9 Å². The van der Waals surface area contributed by atoms with Crippen LogP contribution in [0.1, 0.15) is 13.3 Å². The molecule has 0 bridgehead atoms. The Kier molecular flexibility index (Phi) is 6.81. The van der Waals surface area contributed by atoms with Gasteiger partial charge in [0.05, 0.1) is 16.8 Å². The Hall–Kier alpha value is -2.55. The van der Waals surface area contributed by atoms with Gasteiger partial charge in [0.2, 0.25) is 0 Å². The first-order chi connectivity index (χ1) is 12.0. The first kappa shape index (κ1) is 18.8. The number of para-hydroxylation sites is 2. The van der Waals surface area contributed by atoms with Crippen LogP contribution < -0.4 is 10.6 Å².